The monoisotopic (exact) mass is 308 g/mol. The van der Waals surface area contributed by atoms with Crippen molar-refractivity contribution in [3.05, 3.63) is 6.61 Å². The molecule has 21 heavy (non-hydrogen) atoms. The van der Waals surface area contributed by atoms with E-state index in [0.717, 1.165) is 6.42 Å². The van der Waals surface area contributed by atoms with Crippen LogP contribution in [-0.2, 0) is 13.9 Å². The van der Waals surface area contributed by atoms with E-state index in [2.05, 4.69) is 41.5 Å². The van der Waals surface area contributed by atoms with Gasteiger partial charge in [-0.05, 0) is 30.5 Å². The van der Waals surface area contributed by atoms with Gasteiger partial charge in [-0.15, -0.1) is 6.42 Å². The molecule has 3 nitrogen and oxygen atoms in total. The molecule has 0 radical (unpaired) electrons. The zero-order valence-electron chi connectivity index (χ0n) is 15.5. The molecule has 1 saturated heterocycles. The van der Waals surface area contributed by atoms with E-state index in [1.807, 2.05) is 20.5 Å². The molecule has 0 aliphatic carbocycles. The molecular formula is C16H33LiO3Si. The first-order valence-electron chi connectivity index (χ1n) is 7.93. The molecule has 0 aromatic heterocycles. The van der Waals surface area contributed by atoms with Crippen molar-refractivity contribution >= 4 is 8.32 Å². The van der Waals surface area contributed by atoms with Gasteiger partial charge in [0.05, 0.1) is 12.7 Å². The van der Waals surface area contributed by atoms with Gasteiger partial charge in [0, 0.05) is 0 Å². The van der Waals surface area contributed by atoms with Gasteiger partial charge < -0.3 is 13.9 Å². The van der Waals surface area contributed by atoms with Crippen molar-refractivity contribution in [2.24, 2.45) is 0 Å². The van der Waals surface area contributed by atoms with Gasteiger partial charge in [-0.2, -0.15) is 0 Å². The minimum Gasteiger partial charge on any atom is -0.528 e. The molecule has 1 atom stereocenters. The fourth-order valence-electron chi connectivity index (χ4n) is 3.67. The molecule has 0 N–H and O–H groups in total. The summed E-state index contributed by atoms with van der Waals surface area (Å²) in [7, 11) is -1.79. The fraction of sp³-hybridized carbons (Fsp3) is 0.938. The molecule has 0 aromatic carbocycles. The van der Waals surface area contributed by atoms with Gasteiger partial charge in [-0.3, -0.25) is 0 Å². The zero-order chi connectivity index (χ0) is 15.6. The van der Waals surface area contributed by atoms with Crippen molar-refractivity contribution in [3.63, 3.8) is 0 Å². The van der Waals surface area contributed by atoms with E-state index in [0.29, 0.717) is 23.2 Å². The van der Waals surface area contributed by atoms with Gasteiger partial charge in [-0.1, -0.05) is 41.5 Å². The number of ether oxygens (including phenoxy) is 2. The molecule has 1 heterocycles. The summed E-state index contributed by atoms with van der Waals surface area (Å²) in [5, 5.41) is 0. The summed E-state index contributed by atoms with van der Waals surface area (Å²) in [5.74, 6) is -0.524. The molecule has 0 unspecified atom stereocenters. The Hall–Kier alpha value is 0.694. The molecule has 0 bridgehead atoms. The Morgan fingerprint density at radius 3 is 1.95 bits per heavy atom. The maximum absolute atomic E-state index is 6.59. The quantitative estimate of drug-likeness (QED) is 0.554. The third-order valence-corrected chi connectivity index (χ3v) is 10.5. The summed E-state index contributed by atoms with van der Waals surface area (Å²) in [5.41, 5.74) is 1.83. The average molecular weight is 308 g/mol. The van der Waals surface area contributed by atoms with Gasteiger partial charge >= 0.3 is 18.9 Å². The zero-order valence-corrected chi connectivity index (χ0v) is 16.5. The summed E-state index contributed by atoms with van der Waals surface area (Å²) in [6.45, 7) is 20.3. The van der Waals surface area contributed by atoms with Crippen LogP contribution in [0.4, 0.5) is 0 Å². The Bertz CT molecular complexity index is 284. The van der Waals surface area contributed by atoms with Crippen molar-refractivity contribution in [2.45, 2.75) is 90.3 Å². The van der Waals surface area contributed by atoms with Gasteiger partial charge in [-0.25, -0.2) is 6.61 Å². The smallest absolute Gasteiger partial charge is 0.528 e. The van der Waals surface area contributed by atoms with Gasteiger partial charge in [0.2, 0.25) is 0 Å². The Labute approximate surface area is 144 Å². The minimum atomic E-state index is -1.79. The van der Waals surface area contributed by atoms with E-state index >= 15 is 0 Å². The second-order valence-electron chi connectivity index (χ2n) is 7.29. The van der Waals surface area contributed by atoms with Crippen LogP contribution in [0.15, 0.2) is 0 Å². The van der Waals surface area contributed by atoms with E-state index in [9.17, 15) is 0 Å². The van der Waals surface area contributed by atoms with E-state index in [4.69, 9.17) is 13.9 Å². The van der Waals surface area contributed by atoms with Crippen LogP contribution in [0, 0.1) is 6.61 Å². The fourth-order valence-corrected chi connectivity index (χ4v) is 9.15. The summed E-state index contributed by atoms with van der Waals surface area (Å²) < 4.78 is 18.0. The molecular weight excluding hydrogens is 275 g/mol. The average Bonchev–Trinajstić information content (AvgIpc) is 2.26. The van der Waals surface area contributed by atoms with Crippen molar-refractivity contribution in [3.8, 4) is 0 Å². The first kappa shape index (κ1) is 21.7. The molecule has 0 saturated carbocycles. The van der Waals surface area contributed by atoms with Crippen molar-refractivity contribution < 1.29 is 32.8 Å². The van der Waals surface area contributed by atoms with E-state index in [-0.39, 0.29) is 25.0 Å². The van der Waals surface area contributed by atoms with Crippen LogP contribution >= 0.6 is 0 Å². The molecule has 0 spiro atoms. The maximum Gasteiger partial charge on any atom is 1.00 e. The van der Waals surface area contributed by atoms with Crippen molar-refractivity contribution in [1.29, 1.82) is 0 Å². The SMILES string of the molecule is CC(C)[Si](OC[C@@H]1C[CH-]OC(C)(C)O1)(C(C)C)C(C)C.[Li+]. The van der Waals surface area contributed by atoms with Crippen molar-refractivity contribution in [1.82, 2.24) is 0 Å². The predicted octanol–water partition coefficient (Wildman–Crippen LogP) is 1.89. The molecule has 1 aliphatic heterocycles. The maximum atomic E-state index is 6.59. The predicted molar refractivity (Wildman–Crippen MR) is 86.0 cm³/mol. The molecule has 0 aromatic rings. The largest absolute Gasteiger partial charge is 1.00 e. The van der Waals surface area contributed by atoms with Crippen LogP contribution in [0.1, 0.15) is 61.8 Å². The van der Waals surface area contributed by atoms with E-state index in [1.165, 1.54) is 0 Å². The van der Waals surface area contributed by atoms with Gasteiger partial charge in [0.1, 0.15) is 5.79 Å². The number of hydrogen-bond donors (Lipinski definition) is 0. The standard InChI is InChI=1S/C16H33O3Si.Li/c1-12(2)20(13(3)4,14(5)6)18-11-15-9-10-17-16(7,8)19-15;/h10,12-15H,9,11H2,1-8H3;/q-1;+1/t15-;/m0./s1. The minimum absolute atomic E-state index is 0. The van der Waals surface area contributed by atoms with Gasteiger partial charge in [0.15, 0.2) is 8.32 Å². The normalized spacial score (nSPS) is 22.7. The Balaban J connectivity index is 0.00000400. The van der Waals surface area contributed by atoms with Crippen molar-refractivity contribution in [2.75, 3.05) is 6.61 Å². The molecule has 0 amide bonds. The van der Waals surface area contributed by atoms with Crippen LogP contribution in [0.25, 0.3) is 0 Å². The molecule has 120 valence electrons. The first-order valence-corrected chi connectivity index (χ1v) is 10.1. The Morgan fingerprint density at radius 2 is 1.57 bits per heavy atom. The number of hydrogen-bond acceptors (Lipinski definition) is 3. The second-order valence-corrected chi connectivity index (χ2v) is 12.7. The third-order valence-electron chi connectivity index (χ3n) is 4.40. The van der Waals surface area contributed by atoms with Gasteiger partial charge in [0.25, 0.3) is 0 Å². The Kier molecular flexibility index (Phi) is 8.80. The topological polar surface area (TPSA) is 27.7 Å². The second kappa shape index (κ2) is 8.52. The molecule has 1 fully saturated rings. The summed E-state index contributed by atoms with van der Waals surface area (Å²) >= 11 is 0. The third kappa shape index (κ3) is 5.37. The summed E-state index contributed by atoms with van der Waals surface area (Å²) in [4.78, 5) is 0. The number of rotatable bonds is 6. The van der Waals surface area contributed by atoms with E-state index in [1.54, 1.807) is 0 Å². The van der Waals surface area contributed by atoms with Crippen LogP contribution in [0.5, 0.6) is 0 Å². The Morgan fingerprint density at radius 1 is 1.10 bits per heavy atom. The van der Waals surface area contributed by atoms with E-state index < -0.39 is 14.1 Å². The van der Waals surface area contributed by atoms with Crippen LogP contribution < -0.4 is 18.9 Å². The molecule has 5 heteroatoms. The summed E-state index contributed by atoms with van der Waals surface area (Å²) in [6.07, 6.45) is 0.921. The first-order chi connectivity index (χ1) is 9.12. The summed E-state index contributed by atoms with van der Waals surface area (Å²) in [6, 6.07) is 0. The molecule has 1 rings (SSSR count). The molecule has 1 aliphatic rings. The van der Waals surface area contributed by atoms with Crippen LogP contribution in [-0.4, -0.2) is 26.8 Å². The van der Waals surface area contributed by atoms with Crippen LogP contribution in [0.3, 0.4) is 0 Å². The van der Waals surface area contributed by atoms with Crippen LogP contribution in [0.2, 0.25) is 16.6 Å².